The van der Waals surface area contributed by atoms with Crippen LogP contribution in [-0.2, 0) is 0 Å². The predicted octanol–water partition coefficient (Wildman–Crippen LogP) is 6.08. The average molecular weight is 270 g/mol. The Balaban J connectivity index is 3.07. The van der Waals surface area contributed by atoms with Crippen LogP contribution < -0.4 is 5.32 Å². The Morgan fingerprint density at radius 2 is 1.11 bits per heavy atom. The fraction of sp³-hybridized carbons (Fsp3) is 1.00. The Labute approximate surface area is 122 Å². The van der Waals surface area contributed by atoms with Gasteiger partial charge in [-0.25, -0.2) is 0 Å². The Bertz CT molecular complexity index is 156. The van der Waals surface area contributed by atoms with Crippen molar-refractivity contribution in [2.45, 2.75) is 110 Å². The number of rotatable bonds is 15. The molecule has 0 heterocycles. The molecule has 0 aliphatic carbocycles. The van der Waals surface area contributed by atoms with Crippen molar-refractivity contribution in [3.63, 3.8) is 0 Å². The highest BCUT2D eigenvalue weighted by Crippen LogP contribution is 2.08. The van der Waals surface area contributed by atoms with Gasteiger partial charge in [0.1, 0.15) is 0 Å². The molecule has 1 N–H and O–H groups in total. The van der Waals surface area contributed by atoms with E-state index in [1.54, 1.807) is 0 Å². The van der Waals surface area contributed by atoms with Gasteiger partial charge in [0.25, 0.3) is 0 Å². The molecule has 0 spiro atoms. The van der Waals surface area contributed by atoms with Gasteiger partial charge < -0.3 is 5.32 Å². The molecule has 116 valence electrons. The zero-order chi connectivity index (χ0) is 14.2. The molecule has 0 amide bonds. The molecule has 0 radical (unpaired) electrons. The normalized spacial score (nSPS) is 12.8. The molecule has 0 aromatic rings. The van der Waals surface area contributed by atoms with E-state index in [1.807, 2.05) is 0 Å². The van der Waals surface area contributed by atoms with Crippen LogP contribution in [-0.4, -0.2) is 12.6 Å². The average Bonchev–Trinajstić information content (AvgIpc) is 2.42. The van der Waals surface area contributed by atoms with Crippen molar-refractivity contribution in [3.05, 3.63) is 0 Å². The summed E-state index contributed by atoms with van der Waals surface area (Å²) in [6.07, 6.45) is 18.3. The van der Waals surface area contributed by atoms with Gasteiger partial charge in [-0.3, -0.25) is 0 Å². The third-order valence-electron chi connectivity index (χ3n) is 4.01. The van der Waals surface area contributed by atoms with Gasteiger partial charge >= 0.3 is 0 Å². The maximum absolute atomic E-state index is 3.67. The van der Waals surface area contributed by atoms with Crippen molar-refractivity contribution in [2.75, 3.05) is 6.54 Å². The summed E-state index contributed by atoms with van der Waals surface area (Å²) in [7, 11) is 0. The summed E-state index contributed by atoms with van der Waals surface area (Å²) >= 11 is 0. The van der Waals surface area contributed by atoms with Crippen molar-refractivity contribution in [1.82, 2.24) is 5.32 Å². The van der Waals surface area contributed by atoms with E-state index < -0.39 is 0 Å². The van der Waals surface area contributed by atoms with Crippen LogP contribution in [0.4, 0.5) is 0 Å². The maximum atomic E-state index is 3.67. The van der Waals surface area contributed by atoms with Crippen LogP contribution in [0.3, 0.4) is 0 Å². The first kappa shape index (κ1) is 19.0. The van der Waals surface area contributed by atoms with E-state index in [9.17, 15) is 0 Å². The third-order valence-corrected chi connectivity index (χ3v) is 4.01. The zero-order valence-electron chi connectivity index (χ0n) is 14.0. The predicted molar refractivity (Wildman–Crippen MR) is 88.8 cm³/mol. The molecule has 1 heteroatoms. The van der Waals surface area contributed by atoms with Crippen molar-refractivity contribution >= 4 is 0 Å². The summed E-state index contributed by atoms with van der Waals surface area (Å²) in [5.41, 5.74) is 0. The lowest BCUT2D eigenvalue weighted by Crippen LogP contribution is -2.26. The fourth-order valence-electron chi connectivity index (χ4n) is 2.59. The second-order valence-electron chi connectivity index (χ2n) is 6.18. The molecule has 0 aromatic carbocycles. The smallest absolute Gasteiger partial charge is 0.00387 e. The molecule has 0 bridgehead atoms. The highest BCUT2D eigenvalue weighted by atomic mass is 14.9. The van der Waals surface area contributed by atoms with Crippen LogP contribution in [0.2, 0.25) is 0 Å². The van der Waals surface area contributed by atoms with Gasteiger partial charge in [0.2, 0.25) is 0 Å². The summed E-state index contributed by atoms with van der Waals surface area (Å²) in [4.78, 5) is 0. The molecule has 0 aromatic heterocycles. The van der Waals surface area contributed by atoms with Gasteiger partial charge in [0.05, 0.1) is 0 Å². The van der Waals surface area contributed by atoms with Crippen LogP contribution in [0.5, 0.6) is 0 Å². The number of hydrogen-bond donors (Lipinski definition) is 1. The standard InChI is InChI=1S/C18H39N/c1-4-6-8-10-11-12-13-15-17-19-18(3)16-14-9-7-5-2/h18-19H,4-17H2,1-3H3. The zero-order valence-corrected chi connectivity index (χ0v) is 14.0. The molecule has 0 aliphatic heterocycles. The highest BCUT2D eigenvalue weighted by molar-refractivity contribution is 4.60. The first-order valence-corrected chi connectivity index (χ1v) is 9.04. The van der Waals surface area contributed by atoms with E-state index in [0.717, 1.165) is 6.04 Å². The van der Waals surface area contributed by atoms with Gasteiger partial charge in [-0.05, 0) is 26.3 Å². The van der Waals surface area contributed by atoms with Crippen LogP contribution in [0.1, 0.15) is 104 Å². The molecule has 1 unspecified atom stereocenters. The van der Waals surface area contributed by atoms with E-state index in [-0.39, 0.29) is 0 Å². The van der Waals surface area contributed by atoms with Gasteiger partial charge in [-0.15, -0.1) is 0 Å². The molecule has 0 rings (SSSR count). The molecule has 19 heavy (non-hydrogen) atoms. The molecule has 1 nitrogen and oxygen atoms in total. The van der Waals surface area contributed by atoms with Gasteiger partial charge in [0, 0.05) is 6.04 Å². The minimum Gasteiger partial charge on any atom is -0.314 e. The van der Waals surface area contributed by atoms with Crippen LogP contribution in [0.15, 0.2) is 0 Å². The number of unbranched alkanes of at least 4 members (excludes halogenated alkanes) is 10. The van der Waals surface area contributed by atoms with Crippen LogP contribution in [0.25, 0.3) is 0 Å². The van der Waals surface area contributed by atoms with E-state index in [4.69, 9.17) is 0 Å². The van der Waals surface area contributed by atoms with E-state index >= 15 is 0 Å². The SMILES string of the molecule is CCCCCCCCCCNC(C)CCCCCC. The Hall–Kier alpha value is -0.0400. The summed E-state index contributed by atoms with van der Waals surface area (Å²) in [6.45, 7) is 8.14. The molecule has 1 atom stereocenters. The number of hydrogen-bond acceptors (Lipinski definition) is 1. The van der Waals surface area contributed by atoms with Crippen LogP contribution >= 0.6 is 0 Å². The fourth-order valence-corrected chi connectivity index (χ4v) is 2.59. The van der Waals surface area contributed by atoms with Gasteiger partial charge in [-0.1, -0.05) is 84.5 Å². The quantitative estimate of drug-likeness (QED) is 0.355. The molecular weight excluding hydrogens is 230 g/mol. The van der Waals surface area contributed by atoms with Crippen molar-refractivity contribution in [2.24, 2.45) is 0 Å². The lowest BCUT2D eigenvalue weighted by atomic mass is 10.1. The first-order chi connectivity index (χ1) is 9.31. The van der Waals surface area contributed by atoms with Crippen molar-refractivity contribution < 1.29 is 0 Å². The largest absolute Gasteiger partial charge is 0.314 e. The minimum atomic E-state index is 0.724. The molecule has 0 saturated heterocycles. The molecular formula is C18H39N. The van der Waals surface area contributed by atoms with E-state index in [0.29, 0.717) is 0 Å². The van der Waals surface area contributed by atoms with Gasteiger partial charge in [-0.2, -0.15) is 0 Å². The van der Waals surface area contributed by atoms with Crippen molar-refractivity contribution in [3.8, 4) is 0 Å². The monoisotopic (exact) mass is 269 g/mol. The lowest BCUT2D eigenvalue weighted by Gasteiger charge is -2.13. The van der Waals surface area contributed by atoms with Gasteiger partial charge in [0.15, 0.2) is 0 Å². The molecule has 0 saturated carbocycles. The summed E-state index contributed by atoms with van der Waals surface area (Å²) in [6, 6.07) is 0.724. The van der Waals surface area contributed by atoms with Crippen molar-refractivity contribution in [1.29, 1.82) is 0 Å². The second-order valence-corrected chi connectivity index (χ2v) is 6.18. The van der Waals surface area contributed by atoms with E-state index in [2.05, 4.69) is 26.1 Å². The summed E-state index contributed by atoms with van der Waals surface area (Å²) < 4.78 is 0. The van der Waals surface area contributed by atoms with E-state index in [1.165, 1.54) is 90.0 Å². The summed E-state index contributed by atoms with van der Waals surface area (Å²) in [5, 5.41) is 3.67. The summed E-state index contributed by atoms with van der Waals surface area (Å²) in [5.74, 6) is 0. The Morgan fingerprint density at radius 3 is 1.68 bits per heavy atom. The second kappa shape index (κ2) is 16.0. The third kappa shape index (κ3) is 15.9. The Morgan fingerprint density at radius 1 is 0.632 bits per heavy atom. The molecule has 0 aliphatic rings. The Kier molecular flexibility index (Phi) is 16.0. The maximum Gasteiger partial charge on any atom is 0.00387 e. The lowest BCUT2D eigenvalue weighted by molar-refractivity contribution is 0.468. The molecule has 0 fully saturated rings. The highest BCUT2D eigenvalue weighted by Gasteiger charge is 2.00. The topological polar surface area (TPSA) is 12.0 Å². The first-order valence-electron chi connectivity index (χ1n) is 9.04. The number of nitrogens with one attached hydrogen (secondary N) is 1. The minimum absolute atomic E-state index is 0.724. The van der Waals surface area contributed by atoms with Crippen LogP contribution in [0, 0.1) is 0 Å².